The Hall–Kier alpha value is -0.130. The summed E-state index contributed by atoms with van der Waals surface area (Å²) in [5, 5.41) is 3.30. The van der Waals surface area contributed by atoms with E-state index in [1.165, 1.54) is 4.31 Å². The fourth-order valence-electron chi connectivity index (χ4n) is 2.10. The molecule has 0 unspecified atom stereocenters. The van der Waals surface area contributed by atoms with Gasteiger partial charge in [0.15, 0.2) is 0 Å². The van der Waals surface area contributed by atoms with E-state index in [0.29, 0.717) is 18.2 Å². The number of piperidine rings is 1. The van der Waals surface area contributed by atoms with Gasteiger partial charge in [0, 0.05) is 13.6 Å². The quantitative estimate of drug-likeness (QED) is 0.764. The van der Waals surface area contributed by atoms with E-state index in [9.17, 15) is 8.42 Å². The summed E-state index contributed by atoms with van der Waals surface area (Å²) in [6.45, 7) is 4.71. The van der Waals surface area contributed by atoms with Crippen molar-refractivity contribution in [3.05, 3.63) is 0 Å². The lowest BCUT2D eigenvalue weighted by molar-refractivity contribution is 0.362. The third-order valence-electron chi connectivity index (χ3n) is 3.26. The van der Waals surface area contributed by atoms with E-state index in [4.69, 9.17) is 0 Å². The number of hydrogen-bond donors (Lipinski definition) is 1. The molecule has 0 radical (unpaired) electrons. The lowest BCUT2D eigenvalue weighted by atomic mass is 9.96. The molecule has 1 fully saturated rings. The van der Waals surface area contributed by atoms with E-state index in [1.54, 1.807) is 7.05 Å². The van der Waals surface area contributed by atoms with Crippen molar-refractivity contribution in [1.29, 1.82) is 0 Å². The zero-order valence-electron chi connectivity index (χ0n) is 10.4. The van der Waals surface area contributed by atoms with Crippen LogP contribution in [0.15, 0.2) is 0 Å². The fourth-order valence-corrected chi connectivity index (χ4v) is 3.50. The van der Waals surface area contributed by atoms with Gasteiger partial charge in [-0.3, -0.25) is 0 Å². The first-order chi connectivity index (χ1) is 7.56. The minimum atomic E-state index is -3.01. The molecule has 1 rings (SSSR count). The normalized spacial score (nSPS) is 19.2. The average molecular weight is 248 g/mol. The van der Waals surface area contributed by atoms with Gasteiger partial charge in [-0.1, -0.05) is 6.92 Å². The van der Waals surface area contributed by atoms with Crippen molar-refractivity contribution in [3.8, 4) is 0 Å². The lowest BCUT2D eigenvalue weighted by Gasteiger charge is -2.23. The Morgan fingerprint density at radius 1 is 1.31 bits per heavy atom. The van der Waals surface area contributed by atoms with Gasteiger partial charge in [0.05, 0.1) is 5.75 Å². The molecule has 16 heavy (non-hydrogen) atoms. The van der Waals surface area contributed by atoms with Crippen molar-refractivity contribution in [1.82, 2.24) is 9.62 Å². The van der Waals surface area contributed by atoms with Crippen LogP contribution in [-0.4, -0.2) is 45.2 Å². The third kappa shape index (κ3) is 4.39. The van der Waals surface area contributed by atoms with Crippen molar-refractivity contribution < 1.29 is 8.42 Å². The Balaban J connectivity index is 2.34. The molecule has 1 saturated heterocycles. The predicted octanol–water partition coefficient (Wildman–Crippen LogP) is 1.05. The van der Waals surface area contributed by atoms with Crippen molar-refractivity contribution in [3.63, 3.8) is 0 Å². The first kappa shape index (κ1) is 13.9. The molecule has 0 aromatic rings. The third-order valence-corrected chi connectivity index (χ3v) is 5.14. The van der Waals surface area contributed by atoms with Gasteiger partial charge in [-0.25, -0.2) is 12.7 Å². The van der Waals surface area contributed by atoms with Crippen LogP contribution in [0.5, 0.6) is 0 Å². The molecular weight excluding hydrogens is 224 g/mol. The van der Waals surface area contributed by atoms with Gasteiger partial charge in [-0.05, 0) is 44.7 Å². The Morgan fingerprint density at radius 3 is 2.50 bits per heavy atom. The summed E-state index contributed by atoms with van der Waals surface area (Å²) in [5.74, 6) is 0.903. The van der Waals surface area contributed by atoms with Crippen LogP contribution < -0.4 is 5.32 Å². The molecule has 4 nitrogen and oxygen atoms in total. The smallest absolute Gasteiger partial charge is 0.213 e. The second-order valence-corrected chi connectivity index (χ2v) is 6.82. The Kier molecular flexibility index (Phi) is 5.72. The molecule has 1 aliphatic heterocycles. The fraction of sp³-hybridized carbons (Fsp3) is 1.00. The highest BCUT2D eigenvalue weighted by atomic mass is 32.2. The summed E-state index contributed by atoms with van der Waals surface area (Å²) in [5.41, 5.74) is 0. The highest BCUT2D eigenvalue weighted by Crippen LogP contribution is 2.17. The van der Waals surface area contributed by atoms with Crippen LogP contribution in [0.4, 0.5) is 0 Å². The van der Waals surface area contributed by atoms with Gasteiger partial charge in [-0.2, -0.15) is 0 Å². The van der Waals surface area contributed by atoms with Crippen LogP contribution in [0.1, 0.15) is 32.6 Å². The number of rotatable bonds is 6. The van der Waals surface area contributed by atoms with Gasteiger partial charge in [0.1, 0.15) is 0 Å². The first-order valence-corrected chi connectivity index (χ1v) is 7.82. The topological polar surface area (TPSA) is 49.4 Å². The number of sulfonamides is 1. The van der Waals surface area contributed by atoms with E-state index < -0.39 is 10.0 Å². The maximum atomic E-state index is 11.9. The van der Waals surface area contributed by atoms with E-state index in [-0.39, 0.29) is 0 Å². The molecule has 0 atom stereocenters. The number of nitrogens with zero attached hydrogens (tertiary/aromatic N) is 1. The Labute approximate surface area is 99.5 Å². The van der Waals surface area contributed by atoms with E-state index >= 15 is 0 Å². The summed E-state index contributed by atoms with van der Waals surface area (Å²) in [6, 6.07) is 0. The minimum absolute atomic E-state index is 0.314. The summed E-state index contributed by atoms with van der Waals surface area (Å²) >= 11 is 0. The summed E-state index contributed by atoms with van der Waals surface area (Å²) in [4.78, 5) is 0. The van der Waals surface area contributed by atoms with Crippen molar-refractivity contribution in [2.24, 2.45) is 5.92 Å². The van der Waals surface area contributed by atoms with Crippen molar-refractivity contribution >= 4 is 10.0 Å². The number of nitrogens with one attached hydrogen (secondary N) is 1. The molecular formula is C11H24N2O2S. The largest absolute Gasteiger partial charge is 0.317 e. The molecule has 5 heteroatoms. The summed E-state index contributed by atoms with van der Waals surface area (Å²) in [7, 11) is -1.33. The molecule has 0 saturated carbocycles. The van der Waals surface area contributed by atoms with E-state index in [1.807, 2.05) is 6.92 Å². The maximum Gasteiger partial charge on any atom is 0.213 e. The average Bonchev–Trinajstić information content (AvgIpc) is 2.28. The van der Waals surface area contributed by atoms with Crippen molar-refractivity contribution in [2.45, 2.75) is 32.6 Å². The zero-order chi connectivity index (χ0) is 12.0. The molecule has 0 aliphatic carbocycles. The standard InChI is InChI=1S/C11H24N2O2S/c1-3-9-13(2)16(14,15)10-6-11-4-7-12-8-5-11/h11-12H,3-10H2,1-2H3. The molecule has 96 valence electrons. The van der Waals surface area contributed by atoms with Crippen molar-refractivity contribution in [2.75, 3.05) is 32.4 Å². The Morgan fingerprint density at radius 2 is 1.94 bits per heavy atom. The lowest BCUT2D eigenvalue weighted by Crippen LogP contribution is -2.33. The molecule has 0 aromatic carbocycles. The zero-order valence-corrected chi connectivity index (χ0v) is 11.2. The van der Waals surface area contributed by atoms with Gasteiger partial charge >= 0.3 is 0 Å². The van der Waals surface area contributed by atoms with Gasteiger partial charge < -0.3 is 5.32 Å². The number of hydrogen-bond acceptors (Lipinski definition) is 3. The van der Waals surface area contributed by atoms with Crippen LogP contribution in [0.25, 0.3) is 0 Å². The van der Waals surface area contributed by atoms with Crippen LogP contribution >= 0.6 is 0 Å². The molecule has 0 spiro atoms. The van der Waals surface area contributed by atoms with Crippen LogP contribution in [0.2, 0.25) is 0 Å². The van der Waals surface area contributed by atoms with Gasteiger partial charge in [0.2, 0.25) is 10.0 Å². The molecule has 0 aromatic heterocycles. The monoisotopic (exact) mass is 248 g/mol. The molecule has 0 amide bonds. The highest BCUT2D eigenvalue weighted by molar-refractivity contribution is 7.89. The molecule has 1 aliphatic rings. The SMILES string of the molecule is CCCN(C)S(=O)(=O)CCC1CCNCC1. The highest BCUT2D eigenvalue weighted by Gasteiger charge is 2.20. The molecule has 1 heterocycles. The van der Waals surface area contributed by atoms with Crippen LogP contribution in [0.3, 0.4) is 0 Å². The minimum Gasteiger partial charge on any atom is -0.317 e. The summed E-state index contributed by atoms with van der Waals surface area (Å²) in [6.07, 6.45) is 3.93. The Bertz CT molecular complexity index is 284. The predicted molar refractivity (Wildman–Crippen MR) is 66.9 cm³/mol. The molecule has 1 N–H and O–H groups in total. The van der Waals surface area contributed by atoms with E-state index in [0.717, 1.165) is 38.8 Å². The van der Waals surface area contributed by atoms with Gasteiger partial charge in [-0.15, -0.1) is 0 Å². The maximum absolute atomic E-state index is 11.9. The van der Waals surface area contributed by atoms with Crippen LogP contribution in [0, 0.1) is 5.92 Å². The second-order valence-electron chi connectivity index (χ2n) is 4.62. The van der Waals surface area contributed by atoms with Gasteiger partial charge in [0.25, 0.3) is 0 Å². The second kappa shape index (κ2) is 6.57. The van der Waals surface area contributed by atoms with E-state index in [2.05, 4.69) is 5.32 Å². The van der Waals surface area contributed by atoms with Crippen LogP contribution in [-0.2, 0) is 10.0 Å². The first-order valence-electron chi connectivity index (χ1n) is 6.21. The summed E-state index contributed by atoms with van der Waals surface area (Å²) < 4.78 is 25.2. The molecule has 0 bridgehead atoms.